The first-order chi connectivity index (χ1) is 9.32. The van der Waals surface area contributed by atoms with Crippen molar-refractivity contribution in [3.05, 3.63) is 22.7 Å². The van der Waals surface area contributed by atoms with Crippen LogP contribution in [0.25, 0.3) is 0 Å². The summed E-state index contributed by atoms with van der Waals surface area (Å²) in [7, 11) is 0. The Morgan fingerprint density at radius 2 is 2.10 bits per heavy atom. The minimum atomic E-state index is -2.09. The second-order valence-corrected chi connectivity index (χ2v) is 4.11. The molecule has 1 aliphatic rings. The summed E-state index contributed by atoms with van der Waals surface area (Å²) in [5, 5.41) is 30.0. The van der Waals surface area contributed by atoms with Gasteiger partial charge in [0.1, 0.15) is 18.0 Å². The Morgan fingerprint density at radius 3 is 2.65 bits per heavy atom. The first kappa shape index (κ1) is 14.1. The minimum absolute atomic E-state index is 0.0929. The monoisotopic (exact) mass is 284 g/mol. The Morgan fingerprint density at radius 1 is 1.45 bits per heavy atom. The Hall–Kier alpha value is -2.30. The number of carbonyl (C=O) groups is 2. The van der Waals surface area contributed by atoms with E-state index in [9.17, 15) is 29.7 Å². The summed E-state index contributed by atoms with van der Waals surface area (Å²) in [6.07, 6.45) is -6.47. The highest BCUT2D eigenvalue weighted by Crippen LogP contribution is 2.24. The fourth-order valence-electron chi connectivity index (χ4n) is 1.79. The third-order valence-electron chi connectivity index (χ3n) is 2.78. The maximum Gasteiger partial charge on any atom is 0.351 e. The number of aliphatic hydroxyl groups is 2. The number of nitrogen functional groups attached to an aromatic ring is 1. The van der Waals surface area contributed by atoms with Gasteiger partial charge in [-0.2, -0.15) is 4.98 Å². The Labute approximate surface area is 111 Å². The molecular weight excluding hydrogens is 274 g/mol. The third-order valence-corrected chi connectivity index (χ3v) is 2.78. The molecule has 1 aromatic heterocycles. The van der Waals surface area contributed by atoms with E-state index in [1.165, 1.54) is 6.07 Å². The van der Waals surface area contributed by atoms with Crippen LogP contribution in [0.1, 0.15) is 6.23 Å². The highest BCUT2D eigenvalue weighted by Gasteiger charge is 2.45. The van der Waals surface area contributed by atoms with E-state index in [2.05, 4.69) is 4.98 Å². The van der Waals surface area contributed by atoms with Crippen molar-refractivity contribution < 1.29 is 29.6 Å². The molecule has 0 saturated carbocycles. The molecule has 4 atom stereocenters. The van der Waals surface area contributed by atoms with Gasteiger partial charge in [0.15, 0.2) is 18.1 Å². The van der Waals surface area contributed by atoms with Crippen LogP contribution in [0.15, 0.2) is 17.1 Å². The summed E-state index contributed by atoms with van der Waals surface area (Å²) in [6.45, 7) is 0. The van der Waals surface area contributed by atoms with Crippen LogP contribution in [0.4, 0.5) is 5.82 Å². The number of ketones is 1. The SMILES string of the molecule is Nc1ccn([C@@H]2O[C@H](C(=O)[O-])C(=O)[C@H](O)[C@H]2O)c(=O)n1. The van der Waals surface area contributed by atoms with E-state index in [1.807, 2.05) is 0 Å². The average Bonchev–Trinajstić information content (AvgIpc) is 2.37. The fourth-order valence-corrected chi connectivity index (χ4v) is 1.79. The largest absolute Gasteiger partial charge is 0.547 e. The lowest BCUT2D eigenvalue weighted by molar-refractivity contribution is -0.322. The van der Waals surface area contributed by atoms with Gasteiger partial charge in [-0.3, -0.25) is 9.36 Å². The number of aliphatic hydroxyl groups excluding tert-OH is 2. The number of carbonyl (C=O) groups excluding carboxylic acids is 2. The fraction of sp³-hybridized carbons (Fsp3) is 0.400. The molecule has 1 aliphatic heterocycles. The van der Waals surface area contributed by atoms with Crippen molar-refractivity contribution in [2.75, 3.05) is 5.73 Å². The summed E-state index contributed by atoms with van der Waals surface area (Å²) in [4.78, 5) is 37.1. The Balaban J connectivity index is 2.42. The molecule has 20 heavy (non-hydrogen) atoms. The molecule has 1 aromatic rings. The van der Waals surface area contributed by atoms with Gasteiger partial charge in [0, 0.05) is 6.20 Å². The van der Waals surface area contributed by atoms with E-state index in [-0.39, 0.29) is 5.82 Å². The van der Waals surface area contributed by atoms with Crippen molar-refractivity contribution in [1.82, 2.24) is 9.55 Å². The third kappa shape index (κ3) is 2.27. The number of aliphatic carboxylic acids is 1. The maximum absolute atomic E-state index is 11.6. The first-order valence-corrected chi connectivity index (χ1v) is 5.43. The number of rotatable bonds is 2. The van der Waals surface area contributed by atoms with Crippen LogP contribution in [0.2, 0.25) is 0 Å². The zero-order chi connectivity index (χ0) is 15.0. The van der Waals surface area contributed by atoms with Gasteiger partial charge in [-0.1, -0.05) is 0 Å². The van der Waals surface area contributed by atoms with Gasteiger partial charge in [-0.05, 0) is 6.07 Å². The van der Waals surface area contributed by atoms with Crippen LogP contribution >= 0.6 is 0 Å². The van der Waals surface area contributed by atoms with Gasteiger partial charge in [-0.15, -0.1) is 0 Å². The molecule has 0 radical (unpaired) electrons. The molecule has 0 bridgehead atoms. The minimum Gasteiger partial charge on any atom is -0.547 e. The van der Waals surface area contributed by atoms with Gasteiger partial charge in [0.25, 0.3) is 0 Å². The number of anilines is 1. The summed E-state index contributed by atoms with van der Waals surface area (Å²) < 4.78 is 5.53. The number of Topliss-reactive ketones (excluding diaryl/α,β-unsaturated/α-hetero) is 1. The van der Waals surface area contributed by atoms with E-state index in [1.54, 1.807) is 0 Å². The van der Waals surface area contributed by atoms with Gasteiger partial charge >= 0.3 is 5.69 Å². The molecule has 0 aromatic carbocycles. The number of hydrogen-bond donors (Lipinski definition) is 3. The van der Waals surface area contributed by atoms with Crippen molar-refractivity contribution in [2.45, 2.75) is 24.5 Å². The standard InChI is InChI=1S/C10H11N3O7/c11-3-1-2-13(10(19)12-3)8-6(16)4(14)5(15)7(20-8)9(17)18/h1-2,4,6-8,14,16H,(H,17,18)(H2,11,12,19)/p-1/t4-,6+,7-,8+/m0/s1. The molecule has 108 valence electrons. The number of ether oxygens (including phenoxy) is 1. The highest BCUT2D eigenvalue weighted by atomic mass is 16.6. The van der Waals surface area contributed by atoms with Crippen LogP contribution in [0.5, 0.6) is 0 Å². The lowest BCUT2D eigenvalue weighted by Gasteiger charge is -2.36. The molecular formula is C10H10N3O7-. The molecule has 0 spiro atoms. The zero-order valence-corrected chi connectivity index (χ0v) is 9.87. The molecule has 2 rings (SSSR count). The number of carboxylic acids is 1. The van der Waals surface area contributed by atoms with Crippen molar-refractivity contribution in [2.24, 2.45) is 0 Å². The second-order valence-electron chi connectivity index (χ2n) is 4.11. The molecule has 2 heterocycles. The van der Waals surface area contributed by atoms with Gasteiger partial charge < -0.3 is 30.6 Å². The molecule has 0 unspecified atom stereocenters. The van der Waals surface area contributed by atoms with E-state index in [0.29, 0.717) is 4.57 Å². The van der Waals surface area contributed by atoms with E-state index < -0.39 is 42.0 Å². The topological polar surface area (TPSA) is 168 Å². The normalized spacial score (nSPS) is 30.2. The molecule has 0 amide bonds. The number of hydrogen-bond acceptors (Lipinski definition) is 9. The van der Waals surface area contributed by atoms with Crippen LogP contribution in [0, 0.1) is 0 Å². The maximum atomic E-state index is 11.6. The smallest absolute Gasteiger partial charge is 0.351 e. The summed E-state index contributed by atoms with van der Waals surface area (Å²) in [6, 6.07) is 1.20. The number of nitrogens with two attached hydrogens (primary N) is 1. The van der Waals surface area contributed by atoms with Crippen LogP contribution in [-0.2, 0) is 14.3 Å². The van der Waals surface area contributed by atoms with E-state index in [0.717, 1.165) is 6.20 Å². The van der Waals surface area contributed by atoms with Crippen LogP contribution in [-0.4, -0.2) is 49.8 Å². The number of carboxylic acid groups (broad SMARTS) is 1. The summed E-state index contributed by atoms with van der Waals surface area (Å²) in [5.41, 5.74) is 4.34. The lowest BCUT2D eigenvalue weighted by atomic mass is 10.00. The van der Waals surface area contributed by atoms with Crippen molar-refractivity contribution in [1.29, 1.82) is 0 Å². The summed E-state index contributed by atoms with van der Waals surface area (Å²) in [5.74, 6) is -3.24. The summed E-state index contributed by atoms with van der Waals surface area (Å²) >= 11 is 0. The van der Waals surface area contributed by atoms with Gasteiger partial charge in [0.2, 0.25) is 0 Å². The Bertz CT molecular complexity index is 613. The van der Waals surface area contributed by atoms with Gasteiger partial charge in [-0.25, -0.2) is 4.79 Å². The predicted molar refractivity (Wildman–Crippen MR) is 58.8 cm³/mol. The number of aromatic nitrogens is 2. The van der Waals surface area contributed by atoms with Crippen molar-refractivity contribution in [3.63, 3.8) is 0 Å². The molecule has 0 aliphatic carbocycles. The van der Waals surface area contributed by atoms with Gasteiger partial charge in [0.05, 0.1) is 5.97 Å². The molecule has 10 heteroatoms. The molecule has 1 fully saturated rings. The van der Waals surface area contributed by atoms with Crippen molar-refractivity contribution in [3.8, 4) is 0 Å². The van der Waals surface area contributed by atoms with Crippen LogP contribution in [0.3, 0.4) is 0 Å². The zero-order valence-electron chi connectivity index (χ0n) is 9.87. The molecule has 4 N–H and O–H groups in total. The average molecular weight is 284 g/mol. The Kier molecular flexibility index (Phi) is 3.53. The first-order valence-electron chi connectivity index (χ1n) is 5.43. The predicted octanol–water partition coefficient (Wildman–Crippen LogP) is -4.24. The van der Waals surface area contributed by atoms with E-state index in [4.69, 9.17) is 10.5 Å². The van der Waals surface area contributed by atoms with E-state index >= 15 is 0 Å². The second kappa shape index (κ2) is 5.00. The van der Waals surface area contributed by atoms with Crippen LogP contribution < -0.4 is 16.5 Å². The molecule has 10 nitrogen and oxygen atoms in total. The lowest BCUT2D eigenvalue weighted by Crippen LogP contribution is -2.59. The quantitative estimate of drug-likeness (QED) is 0.455. The number of nitrogens with zero attached hydrogens (tertiary/aromatic N) is 2. The highest BCUT2D eigenvalue weighted by molar-refractivity contribution is 6.03. The molecule has 1 saturated heterocycles. The van der Waals surface area contributed by atoms with Crippen molar-refractivity contribution >= 4 is 17.6 Å².